The summed E-state index contributed by atoms with van der Waals surface area (Å²) in [4.78, 5) is 11.9. The van der Waals surface area contributed by atoms with Crippen LogP contribution >= 0.6 is 15.9 Å². The number of phenols is 1. The molecule has 0 saturated carbocycles. The van der Waals surface area contributed by atoms with Gasteiger partial charge in [0.2, 0.25) is 0 Å². The van der Waals surface area contributed by atoms with Crippen LogP contribution in [0.25, 0.3) is 0 Å². The van der Waals surface area contributed by atoms with Gasteiger partial charge in [-0.3, -0.25) is 10.2 Å². The van der Waals surface area contributed by atoms with Crippen molar-refractivity contribution in [3.05, 3.63) is 28.2 Å². The van der Waals surface area contributed by atoms with E-state index in [-0.39, 0.29) is 17.2 Å². The molecule has 1 aromatic rings. The third-order valence-electron chi connectivity index (χ3n) is 2.48. The van der Waals surface area contributed by atoms with Crippen molar-refractivity contribution in [3.8, 4) is 5.75 Å². The van der Waals surface area contributed by atoms with Gasteiger partial charge in [0.05, 0.1) is 18.8 Å². The molecule has 1 aromatic carbocycles. The number of carbonyl (C=O) groups is 1. The number of amides is 1. The van der Waals surface area contributed by atoms with Gasteiger partial charge in [-0.15, -0.1) is 0 Å². The van der Waals surface area contributed by atoms with Crippen molar-refractivity contribution >= 4 is 21.8 Å². The summed E-state index contributed by atoms with van der Waals surface area (Å²) in [6, 6.07) is 4.79. The Labute approximate surface area is 107 Å². The standard InChI is InChI=1S/C11H13BrN2O3/c12-8-1-2-9(10(15)7-8)11(16)13-14-3-5-17-6-4-14/h1-2,7,15H,3-6H2,(H,13,16). The van der Waals surface area contributed by atoms with Crippen LogP contribution in [0.3, 0.4) is 0 Å². The van der Waals surface area contributed by atoms with Crippen molar-refractivity contribution in [2.75, 3.05) is 26.3 Å². The number of carbonyl (C=O) groups excluding carboxylic acids is 1. The van der Waals surface area contributed by atoms with E-state index < -0.39 is 0 Å². The Morgan fingerprint density at radius 1 is 1.41 bits per heavy atom. The van der Waals surface area contributed by atoms with Crippen LogP contribution in [0.5, 0.6) is 5.75 Å². The average molecular weight is 301 g/mol. The fourth-order valence-electron chi connectivity index (χ4n) is 1.58. The highest BCUT2D eigenvalue weighted by atomic mass is 79.9. The summed E-state index contributed by atoms with van der Waals surface area (Å²) < 4.78 is 5.91. The van der Waals surface area contributed by atoms with Gasteiger partial charge in [-0.2, -0.15) is 0 Å². The second-order valence-corrected chi connectivity index (χ2v) is 4.62. The third-order valence-corrected chi connectivity index (χ3v) is 2.97. The Morgan fingerprint density at radius 2 is 2.12 bits per heavy atom. The highest BCUT2D eigenvalue weighted by molar-refractivity contribution is 9.10. The van der Waals surface area contributed by atoms with Crippen LogP contribution in [0.15, 0.2) is 22.7 Å². The summed E-state index contributed by atoms with van der Waals surface area (Å²) in [5.41, 5.74) is 3.00. The van der Waals surface area contributed by atoms with E-state index in [1.165, 1.54) is 6.07 Å². The van der Waals surface area contributed by atoms with E-state index in [0.29, 0.717) is 26.3 Å². The lowest BCUT2D eigenvalue weighted by atomic mass is 10.2. The number of phenolic OH excluding ortho intramolecular Hbond substituents is 1. The maximum atomic E-state index is 11.9. The Bertz CT molecular complexity index is 419. The van der Waals surface area contributed by atoms with Gasteiger partial charge < -0.3 is 9.84 Å². The van der Waals surface area contributed by atoms with Gasteiger partial charge in [0.15, 0.2) is 0 Å². The summed E-state index contributed by atoms with van der Waals surface area (Å²) in [5, 5.41) is 11.4. The molecule has 6 heteroatoms. The van der Waals surface area contributed by atoms with Gasteiger partial charge in [0.1, 0.15) is 5.75 Å². The van der Waals surface area contributed by atoms with Gasteiger partial charge >= 0.3 is 0 Å². The van der Waals surface area contributed by atoms with Crippen LogP contribution in [0.1, 0.15) is 10.4 Å². The number of aromatic hydroxyl groups is 1. The molecule has 2 N–H and O–H groups in total. The summed E-state index contributed by atoms with van der Waals surface area (Å²) >= 11 is 3.23. The number of ether oxygens (including phenoxy) is 1. The maximum Gasteiger partial charge on any atom is 0.269 e. The zero-order chi connectivity index (χ0) is 12.3. The first-order chi connectivity index (χ1) is 8.16. The number of hydrogen-bond donors (Lipinski definition) is 2. The first-order valence-electron chi connectivity index (χ1n) is 5.29. The molecule has 5 nitrogen and oxygen atoms in total. The SMILES string of the molecule is O=C(NN1CCOCC1)c1ccc(Br)cc1O. The number of halogens is 1. The van der Waals surface area contributed by atoms with Crippen LogP contribution < -0.4 is 5.43 Å². The Hall–Kier alpha value is -1.11. The van der Waals surface area contributed by atoms with E-state index in [1.807, 2.05) is 0 Å². The molecule has 92 valence electrons. The molecule has 1 saturated heterocycles. The Balaban J connectivity index is 2.03. The number of hydrogen-bond acceptors (Lipinski definition) is 4. The van der Waals surface area contributed by atoms with Crippen molar-refractivity contribution in [1.82, 2.24) is 10.4 Å². The Morgan fingerprint density at radius 3 is 2.76 bits per heavy atom. The molecule has 0 spiro atoms. The lowest BCUT2D eigenvalue weighted by Gasteiger charge is -2.27. The summed E-state index contributed by atoms with van der Waals surface area (Å²) in [7, 11) is 0. The number of benzene rings is 1. The molecule has 0 bridgehead atoms. The topological polar surface area (TPSA) is 61.8 Å². The fraction of sp³-hybridized carbons (Fsp3) is 0.364. The first-order valence-corrected chi connectivity index (χ1v) is 6.08. The molecular formula is C11H13BrN2O3. The lowest BCUT2D eigenvalue weighted by molar-refractivity contribution is 0.0125. The van der Waals surface area contributed by atoms with Gasteiger partial charge in [0, 0.05) is 17.6 Å². The summed E-state index contributed by atoms with van der Waals surface area (Å²) in [5.74, 6) is -0.345. The maximum absolute atomic E-state index is 11.9. The van der Waals surface area contributed by atoms with Crippen molar-refractivity contribution < 1.29 is 14.6 Å². The number of rotatable bonds is 2. The molecule has 1 aliphatic rings. The van der Waals surface area contributed by atoms with Crippen LogP contribution in [0.4, 0.5) is 0 Å². The monoisotopic (exact) mass is 300 g/mol. The van der Waals surface area contributed by atoms with Gasteiger partial charge in [-0.1, -0.05) is 15.9 Å². The van der Waals surface area contributed by atoms with Crippen molar-refractivity contribution in [2.24, 2.45) is 0 Å². The molecule has 1 fully saturated rings. The van der Waals surface area contributed by atoms with E-state index in [2.05, 4.69) is 21.4 Å². The van der Waals surface area contributed by atoms with Crippen LogP contribution in [-0.4, -0.2) is 42.3 Å². The average Bonchev–Trinajstić information content (AvgIpc) is 2.30. The van der Waals surface area contributed by atoms with Gasteiger partial charge in [0.25, 0.3) is 5.91 Å². The van der Waals surface area contributed by atoms with E-state index >= 15 is 0 Å². The van der Waals surface area contributed by atoms with Crippen LogP contribution in [0.2, 0.25) is 0 Å². The molecule has 0 unspecified atom stereocenters. The van der Waals surface area contributed by atoms with Gasteiger partial charge in [-0.25, -0.2) is 5.01 Å². The predicted molar refractivity (Wildman–Crippen MR) is 65.7 cm³/mol. The Kier molecular flexibility index (Phi) is 3.98. The van der Waals surface area contributed by atoms with Gasteiger partial charge in [-0.05, 0) is 18.2 Å². The normalized spacial score (nSPS) is 16.8. The van der Waals surface area contributed by atoms with E-state index in [1.54, 1.807) is 17.1 Å². The minimum absolute atomic E-state index is 0.0369. The second kappa shape index (κ2) is 5.48. The van der Waals surface area contributed by atoms with Crippen LogP contribution in [0, 0.1) is 0 Å². The molecule has 0 radical (unpaired) electrons. The molecule has 0 aliphatic carbocycles. The van der Waals surface area contributed by atoms with E-state index in [0.717, 1.165) is 4.47 Å². The second-order valence-electron chi connectivity index (χ2n) is 3.70. The molecule has 0 atom stereocenters. The molecule has 0 aromatic heterocycles. The molecule has 1 aliphatic heterocycles. The zero-order valence-electron chi connectivity index (χ0n) is 9.15. The van der Waals surface area contributed by atoms with E-state index in [9.17, 15) is 9.90 Å². The number of morpholine rings is 1. The molecule has 2 rings (SSSR count). The molecule has 17 heavy (non-hydrogen) atoms. The highest BCUT2D eigenvalue weighted by Gasteiger charge is 2.16. The minimum atomic E-state index is -0.308. The number of nitrogens with zero attached hydrogens (tertiary/aromatic N) is 1. The van der Waals surface area contributed by atoms with Crippen molar-refractivity contribution in [1.29, 1.82) is 0 Å². The van der Waals surface area contributed by atoms with Crippen molar-refractivity contribution in [3.63, 3.8) is 0 Å². The van der Waals surface area contributed by atoms with Crippen molar-refractivity contribution in [2.45, 2.75) is 0 Å². The lowest BCUT2D eigenvalue weighted by Crippen LogP contribution is -2.48. The fourth-order valence-corrected chi connectivity index (χ4v) is 1.92. The third kappa shape index (κ3) is 3.18. The summed E-state index contributed by atoms with van der Waals surface area (Å²) in [6.45, 7) is 2.52. The largest absolute Gasteiger partial charge is 0.507 e. The summed E-state index contributed by atoms with van der Waals surface area (Å²) in [6.07, 6.45) is 0. The highest BCUT2D eigenvalue weighted by Crippen LogP contribution is 2.22. The molecule has 1 heterocycles. The first kappa shape index (κ1) is 12.3. The zero-order valence-corrected chi connectivity index (χ0v) is 10.7. The predicted octanol–water partition coefficient (Wildman–Crippen LogP) is 1.13. The number of hydrazine groups is 1. The van der Waals surface area contributed by atoms with E-state index in [4.69, 9.17) is 4.74 Å². The smallest absolute Gasteiger partial charge is 0.269 e. The number of nitrogens with one attached hydrogen (secondary N) is 1. The molecular weight excluding hydrogens is 288 g/mol. The molecule has 1 amide bonds. The quantitative estimate of drug-likeness (QED) is 0.860. The minimum Gasteiger partial charge on any atom is -0.507 e. The van der Waals surface area contributed by atoms with Crippen LogP contribution in [-0.2, 0) is 4.74 Å².